The highest BCUT2D eigenvalue weighted by atomic mass is 16.5. The Hall–Kier alpha value is -3.61. The van der Waals surface area contributed by atoms with Crippen LogP contribution in [-0.2, 0) is 23.0 Å². The van der Waals surface area contributed by atoms with E-state index in [2.05, 4.69) is 5.32 Å². The van der Waals surface area contributed by atoms with Crippen LogP contribution >= 0.6 is 0 Å². The first-order valence-corrected chi connectivity index (χ1v) is 10.5. The Morgan fingerprint density at radius 1 is 1.19 bits per heavy atom. The topological polar surface area (TPSA) is 82.4 Å². The van der Waals surface area contributed by atoms with Crippen LogP contribution in [0.4, 0.5) is 5.69 Å². The molecule has 1 aliphatic rings. The number of methoxy groups -OCH3 is 1. The first-order valence-electron chi connectivity index (χ1n) is 10.5. The van der Waals surface area contributed by atoms with Crippen LogP contribution in [0.25, 0.3) is 11.4 Å². The Morgan fingerprint density at radius 3 is 2.62 bits per heavy atom. The van der Waals surface area contributed by atoms with Crippen LogP contribution in [0, 0.1) is 13.8 Å². The summed E-state index contributed by atoms with van der Waals surface area (Å²) in [4.78, 5) is 29.8. The van der Waals surface area contributed by atoms with Crippen LogP contribution < -0.4 is 15.6 Å². The normalized spacial score (nSPS) is 17.0. The molecule has 0 saturated heterocycles. The quantitative estimate of drug-likeness (QED) is 0.618. The van der Waals surface area contributed by atoms with Crippen molar-refractivity contribution in [3.05, 3.63) is 75.2 Å². The molecule has 1 N–H and O–H groups in total. The molecular weight excluding hydrogens is 406 g/mol. The molecule has 32 heavy (non-hydrogen) atoms. The molecule has 0 bridgehead atoms. The Labute approximate surface area is 187 Å². The summed E-state index contributed by atoms with van der Waals surface area (Å²) in [5.74, 6) is 0.993. The summed E-state index contributed by atoms with van der Waals surface area (Å²) < 4.78 is 12.4. The molecule has 166 valence electrons. The zero-order chi connectivity index (χ0) is 23.0. The number of benzene rings is 2. The predicted molar refractivity (Wildman–Crippen MR) is 123 cm³/mol. The van der Waals surface area contributed by atoms with Crippen LogP contribution in [0.5, 0.6) is 5.75 Å². The van der Waals surface area contributed by atoms with Crippen molar-refractivity contribution in [2.75, 3.05) is 12.4 Å². The lowest BCUT2D eigenvalue weighted by Gasteiger charge is -2.24. The number of ether oxygens (including phenoxy) is 2. The average molecular weight is 434 g/mol. The molecule has 1 heterocycles. The second-order valence-electron chi connectivity index (χ2n) is 8.11. The summed E-state index contributed by atoms with van der Waals surface area (Å²) in [6.07, 6.45) is 0.209. The number of rotatable bonds is 5. The van der Waals surface area contributed by atoms with Gasteiger partial charge in [-0.15, -0.1) is 0 Å². The Balaban J connectivity index is 1.74. The fourth-order valence-corrected chi connectivity index (χ4v) is 4.34. The lowest BCUT2D eigenvalue weighted by atomic mass is 10.1. The Morgan fingerprint density at radius 2 is 1.94 bits per heavy atom. The van der Waals surface area contributed by atoms with Crippen molar-refractivity contribution in [3.63, 3.8) is 0 Å². The van der Waals surface area contributed by atoms with Gasteiger partial charge >= 0.3 is 5.97 Å². The maximum absolute atomic E-state index is 13.4. The van der Waals surface area contributed by atoms with E-state index in [4.69, 9.17) is 14.5 Å². The fraction of sp³-hybridized carbons (Fsp3) is 0.320. The minimum atomic E-state index is -0.391. The van der Waals surface area contributed by atoms with E-state index < -0.39 is 6.10 Å². The van der Waals surface area contributed by atoms with Crippen LogP contribution in [0.15, 0.2) is 47.3 Å². The molecule has 2 aromatic carbocycles. The van der Waals surface area contributed by atoms with Gasteiger partial charge in [-0.25, -0.2) is 4.98 Å². The summed E-state index contributed by atoms with van der Waals surface area (Å²) in [6.45, 7) is 5.18. The number of carbonyl (C=O) groups excluding carboxylic acids is 1. The molecule has 3 aromatic rings. The van der Waals surface area contributed by atoms with Crippen LogP contribution in [0.3, 0.4) is 0 Å². The molecule has 2 atom stereocenters. The first-order chi connectivity index (χ1) is 15.3. The largest absolute Gasteiger partial charge is 0.497 e. The minimum absolute atomic E-state index is 0.186. The van der Waals surface area contributed by atoms with Gasteiger partial charge in [0.15, 0.2) is 0 Å². The molecule has 1 aliphatic carbocycles. The van der Waals surface area contributed by atoms with E-state index in [0.29, 0.717) is 23.6 Å². The van der Waals surface area contributed by atoms with Gasteiger partial charge in [0.2, 0.25) is 0 Å². The van der Waals surface area contributed by atoms with E-state index in [1.54, 1.807) is 18.7 Å². The van der Waals surface area contributed by atoms with Crippen molar-refractivity contribution < 1.29 is 14.3 Å². The highest BCUT2D eigenvalue weighted by Crippen LogP contribution is 2.36. The Bertz CT molecular complexity index is 1250. The fourth-order valence-electron chi connectivity index (χ4n) is 4.34. The molecule has 7 nitrogen and oxygen atoms in total. The van der Waals surface area contributed by atoms with Crippen LogP contribution in [-0.4, -0.2) is 28.7 Å². The number of nitrogens with one attached hydrogen (secondary N) is 1. The highest BCUT2D eigenvalue weighted by Gasteiger charge is 2.35. The van der Waals surface area contributed by atoms with Crippen molar-refractivity contribution in [2.24, 2.45) is 7.05 Å². The summed E-state index contributed by atoms with van der Waals surface area (Å²) in [7, 11) is 3.34. The SMILES string of the molecule is COc1ccc(-c2nc(C)c(N[C@@H]3c4ccccc4C[C@@H]3OC(C)=O)c(=O)n2C)c(C)c1. The van der Waals surface area contributed by atoms with E-state index in [-0.39, 0.29) is 17.6 Å². The molecule has 0 spiro atoms. The van der Waals surface area contributed by atoms with Gasteiger partial charge in [-0.2, -0.15) is 0 Å². The van der Waals surface area contributed by atoms with Crippen molar-refractivity contribution in [1.29, 1.82) is 0 Å². The van der Waals surface area contributed by atoms with Gasteiger partial charge in [0, 0.05) is 26.0 Å². The zero-order valence-electron chi connectivity index (χ0n) is 18.9. The van der Waals surface area contributed by atoms with Crippen LogP contribution in [0.2, 0.25) is 0 Å². The summed E-state index contributed by atoms with van der Waals surface area (Å²) in [5.41, 5.74) is 4.76. The molecule has 7 heteroatoms. The first kappa shape index (κ1) is 21.6. The van der Waals surface area contributed by atoms with Gasteiger partial charge in [0.1, 0.15) is 23.4 Å². The summed E-state index contributed by atoms with van der Waals surface area (Å²) in [5, 5.41) is 3.35. The average Bonchev–Trinajstić information content (AvgIpc) is 3.10. The number of carbonyl (C=O) groups is 1. The zero-order valence-corrected chi connectivity index (χ0v) is 18.9. The molecule has 4 rings (SSSR count). The Kier molecular flexibility index (Phi) is 5.74. The van der Waals surface area contributed by atoms with E-state index >= 15 is 0 Å². The minimum Gasteiger partial charge on any atom is -0.497 e. The van der Waals surface area contributed by atoms with Gasteiger partial charge in [-0.05, 0) is 48.7 Å². The lowest BCUT2D eigenvalue weighted by molar-refractivity contribution is -0.146. The highest BCUT2D eigenvalue weighted by molar-refractivity contribution is 5.67. The molecule has 0 saturated carbocycles. The number of esters is 1. The van der Waals surface area contributed by atoms with Gasteiger partial charge in [0.25, 0.3) is 5.56 Å². The molecular formula is C25H27N3O4. The number of hydrogen-bond acceptors (Lipinski definition) is 6. The van der Waals surface area contributed by atoms with E-state index in [0.717, 1.165) is 28.0 Å². The van der Waals surface area contributed by atoms with Gasteiger partial charge in [-0.1, -0.05) is 24.3 Å². The third kappa shape index (κ3) is 3.86. The smallest absolute Gasteiger partial charge is 0.302 e. The van der Waals surface area contributed by atoms with Gasteiger partial charge in [-0.3, -0.25) is 14.2 Å². The number of hydrogen-bond donors (Lipinski definition) is 1. The monoisotopic (exact) mass is 433 g/mol. The van der Waals surface area contributed by atoms with Crippen molar-refractivity contribution in [2.45, 2.75) is 39.3 Å². The number of nitrogens with zero attached hydrogens (tertiary/aromatic N) is 2. The van der Waals surface area contributed by atoms with E-state index in [1.165, 1.54) is 6.92 Å². The molecule has 0 aliphatic heterocycles. The maximum Gasteiger partial charge on any atom is 0.302 e. The predicted octanol–water partition coefficient (Wildman–Crippen LogP) is 3.71. The number of anilines is 1. The summed E-state index contributed by atoms with van der Waals surface area (Å²) >= 11 is 0. The molecule has 0 amide bonds. The molecule has 0 fully saturated rings. The molecule has 0 radical (unpaired) electrons. The maximum atomic E-state index is 13.4. The molecule has 0 unspecified atom stereocenters. The second-order valence-corrected chi connectivity index (χ2v) is 8.11. The van der Waals surface area contributed by atoms with Crippen LogP contribution in [0.1, 0.15) is 35.3 Å². The second kappa shape index (κ2) is 8.49. The standard InChI is InChI=1S/C25H27N3O4/c1-14-12-18(31-5)10-11-19(14)24-26-15(2)22(25(30)28(24)4)27-23-20-9-7-6-8-17(20)13-21(23)32-16(3)29/h6-12,21,23,27H,13H2,1-5H3/t21-,23+/m0/s1. The van der Waals surface area contributed by atoms with E-state index in [9.17, 15) is 9.59 Å². The van der Waals surface area contributed by atoms with Crippen molar-refractivity contribution in [3.8, 4) is 17.1 Å². The third-order valence-corrected chi connectivity index (χ3v) is 5.95. The van der Waals surface area contributed by atoms with Gasteiger partial charge < -0.3 is 14.8 Å². The van der Waals surface area contributed by atoms with E-state index in [1.807, 2.05) is 56.3 Å². The van der Waals surface area contributed by atoms with Crippen molar-refractivity contribution in [1.82, 2.24) is 9.55 Å². The number of aryl methyl sites for hydroxylation is 2. The summed E-state index contributed by atoms with van der Waals surface area (Å²) in [6, 6.07) is 13.3. The molecule has 1 aromatic heterocycles. The number of fused-ring (bicyclic) bond motifs is 1. The number of aromatic nitrogens is 2. The van der Waals surface area contributed by atoms with Crippen molar-refractivity contribution >= 4 is 11.7 Å². The lowest BCUT2D eigenvalue weighted by Crippen LogP contribution is -2.31. The third-order valence-electron chi connectivity index (χ3n) is 5.95. The van der Waals surface area contributed by atoms with Gasteiger partial charge in [0.05, 0.1) is 18.8 Å².